The van der Waals surface area contributed by atoms with Crippen LogP contribution in [0.2, 0.25) is 0 Å². The van der Waals surface area contributed by atoms with Crippen LogP contribution in [0.5, 0.6) is 0 Å². The first-order chi connectivity index (χ1) is 9.52. The standard InChI is InChI=1S/C14H20N2O4/c1-9-12(10(2)20-15-9)8-13(17)16-6-4-11(5-7-16)14(18)19-3/h11H,4-8H2,1-3H3. The number of methoxy groups -OCH3 is 1. The molecule has 6 heteroatoms. The number of hydrogen-bond donors (Lipinski definition) is 0. The molecule has 0 unspecified atom stereocenters. The SMILES string of the molecule is COC(=O)C1CCN(C(=O)Cc2c(C)noc2C)CC1. The molecular weight excluding hydrogens is 260 g/mol. The fourth-order valence-electron chi connectivity index (χ4n) is 2.55. The van der Waals surface area contributed by atoms with E-state index in [4.69, 9.17) is 9.26 Å². The first-order valence-corrected chi connectivity index (χ1v) is 6.80. The number of esters is 1. The van der Waals surface area contributed by atoms with E-state index in [0.29, 0.717) is 38.1 Å². The third-order valence-corrected chi connectivity index (χ3v) is 3.89. The van der Waals surface area contributed by atoms with Gasteiger partial charge in [0, 0.05) is 18.7 Å². The van der Waals surface area contributed by atoms with Crippen molar-refractivity contribution < 1.29 is 18.8 Å². The molecule has 1 fully saturated rings. The van der Waals surface area contributed by atoms with E-state index < -0.39 is 0 Å². The smallest absolute Gasteiger partial charge is 0.308 e. The third-order valence-electron chi connectivity index (χ3n) is 3.89. The topological polar surface area (TPSA) is 72.6 Å². The van der Waals surface area contributed by atoms with Gasteiger partial charge < -0.3 is 14.2 Å². The highest BCUT2D eigenvalue weighted by atomic mass is 16.5. The fraction of sp³-hybridized carbons (Fsp3) is 0.643. The lowest BCUT2D eigenvalue weighted by molar-refractivity contribution is -0.148. The molecule has 2 heterocycles. The van der Waals surface area contributed by atoms with Crippen LogP contribution in [0, 0.1) is 19.8 Å². The van der Waals surface area contributed by atoms with Crippen molar-refractivity contribution in [2.24, 2.45) is 5.92 Å². The normalized spacial score (nSPS) is 16.2. The van der Waals surface area contributed by atoms with Gasteiger partial charge in [-0.25, -0.2) is 0 Å². The molecule has 6 nitrogen and oxygen atoms in total. The molecule has 2 rings (SSSR count). The Morgan fingerprint density at radius 3 is 2.50 bits per heavy atom. The lowest BCUT2D eigenvalue weighted by Crippen LogP contribution is -2.41. The molecule has 110 valence electrons. The molecule has 1 aromatic rings. The van der Waals surface area contributed by atoms with Crippen molar-refractivity contribution in [3.63, 3.8) is 0 Å². The molecule has 0 aliphatic carbocycles. The number of ether oxygens (including phenoxy) is 1. The maximum Gasteiger partial charge on any atom is 0.308 e. The minimum Gasteiger partial charge on any atom is -0.469 e. The number of piperidine rings is 1. The molecule has 0 spiro atoms. The third kappa shape index (κ3) is 3.00. The summed E-state index contributed by atoms with van der Waals surface area (Å²) >= 11 is 0. The molecule has 0 bridgehead atoms. The van der Waals surface area contributed by atoms with Gasteiger partial charge in [-0.15, -0.1) is 0 Å². The Bertz CT molecular complexity index is 482. The number of nitrogens with zero attached hydrogens (tertiary/aromatic N) is 2. The lowest BCUT2D eigenvalue weighted by Gasteiger charge is -2.30. The Balaban J connectivity index is 1.91. The number of hydrogen-bond acceptors (Lipinski definition) is 5. The molecule has 0 radical (unpaired) electrons. The van der Waals surface area contributed by atoms with Crippen LogP contribution in [0.25, 0.3) is 0 Å². The molecule has 1 saturated heterocycles. The van der Waals surface area contributed by atoms with Crippen molar-refractivity contribution in [1.29, 1.82) is 0 Å². The predicted molar refractivity (Wildman–Crippen MR) is 71.0 cm³/mol. The predicted octanol–water partition coefficient (Wildman–Crippen LogP) is 1.25. The summed E-state index contributed by atoms with van der Waals surface area (Å²) in [5.41, 5.74) is 1.63. The monoisotopic (exact) mass is 280 g/mol. The number of carbonyl (C=O) groups excluding carboxylic acids is 2. The summed E-state index contributed by atoms with van der Waals surface area (Å²) in [6.07, 6.45) is 1.64. The van der Waals surface area contributed by atoms with Crippen molar-refractivity contribution in [3.05, 3.63) is 17.0 Å². The molecule has 0 atom stereocenters. The second kappa shape index (κ2) is 6.07. The molecule has 20 heavy (non-hydrogen) atoms. The fourth-order valence-corrected chi connectivity index (χ4v) is 2.55. The molecule has 0 aromatic carbocycles. The zero-order valence-corrected chi connectivity index (χ0v) is 12.1. The Hall–Kier alpha value is -1.85. The molecule has 1 aliphatic heterocycles. The van der Waals surface area contributed by atoms with Crippen LogP contribution < -0.4 is 0 Å². The van der Waals surface area contributed by atoms with Crippen LogP contribution in [0.3, 0.4) is 0 Å². The van der Waals surface area contributed by atoms with Gasteiger partial charge in [0.25, 0.3) is 0 Å². The maximum atomic E-state index is 12.3. The minimum absolute atomic E-state index is 0.0581. The highest BCUT2D eigenvalue weighted by Gasteiger charge is 2.28. The summed E-state index contributed by atoms with van der Waals surface area (Å²) in [7, 11) is 1.40. The van der Waals surface area contributed by atoms with Crippen LogP contribution in [0.4, 0.5) is 0 Å². The van der Waals surface area contributed by atoms with Crippen LogP contribution in [-0.4, -0.2) is 42.1 Å². The highest BCUT2D eigenvalue weighted by molar-refractivity contribution is 5.80. The van der Waals surface area contributed by atoms with E-state index in [9.17, 15) is 9.59 Å². The Morgan fingerprint density at radius 1 is 1.35 bits per heavy atom. The number of carbonyl (C=O) groups is 2. The maximum absolute atomic E-state index is 12.3. The first-order valence-electron chi connectivity index (χ1n) is 6.80. The summed E-state index contributed by atoms with van der Waals surface area (Å²) in [6.45, 7) is 4.85. The van der Waals surface area contributed by atoms with Crippen molar-refractivity contribution in [2.75, 3.05) is 20.2 Å². The van der Waals surface area contributed by atoms with Gasteiger partial charge in [0.1, 0.15) is 5.76 Å². The number of aromatic nitrogens is 1. The van der Waals surface area contributed by atoms with Crippen LogP contribution in [-0.2, 0) is 20.7 Å². The largest absolute Gasteiger partial charge is 0.469 e. The van der Waals surface area contributed by atoms with Crippen LogP contribution >= 0.6 is 0 Å². The molecule has 1 aliphatic rings. The number of aryl methyl sites for hydroxylation is 2. The van der Waals surface area contributed by atoms with E-state index in [1.54, 1.807) is 4.90 Å². The van der Waals surface area contributed by atoms with E-state index in [1.165, 1.54) is 7.11 Å². The summed E-state index contributed by atoms with van der Waals surface area (Å²) < 4.78 is 9.80. The Kier molecular flexibility index (Phi) is 4.42. The highest BCUT2D eigenvalue weighted by Crippen LogP contribution is 2.20. The quantitative estimate of drug-likeness (QED) is 0.779. The van der Waals surface area contributed by atoms with E-state index >= 15 is 0 Å². The summed E-state index contributed by atoms with van der Waals surface area (Å²) in [5, 5.41) is 3.85. The van der Waals surface area contributed by atoms with Gasteiger partial charge >= 0.3 is 5.97 Å². The van der Waals surface area contributed by atoms with Crippen molar-refractivity contribution in [1.82, 2.24) is 10.1 Å². The van der Waals surface area contributed by atoms with E-state index in [0.717, 1.165) is 11.3 Å². The Morgan fingerprint density at radius 2 is 2.00 bits per heavy atom. The van der Waals surface area contributed by atoms with E-state index in [2.05, 4.69) is 5.16 Å². The summed E-state index contributed by atoms with van der Waals surface area (Å²) in [6, 6.07) is 0. The Labute approximate surface area is 118 Å². The first kappa shape index (κ1) is 14.6. The lowest BCUT2D eigenvalue weighted by atomic mass is 9.96. The summed E-state index contributed by atoms with van der Waals surface area (Å²) in [4.78, 5) is 25.5. The van der Waals surface area contributed by atoms with E-state index in [-0.39, 0.29) is 17.8 Å². The average Bonchev–Trinajstić information content (AvgIpc) is 2.78. The van der Waals surface area contributed by atoms with E-state index in [1.807, 2.05) is 13.8 Å². The van der Waals surface area contributed by atoms with Crippen LogP contribution in [0.1, 0.15) is 29.9 Å². The van der Waals surface area contributed by atoms with Crippen molar-refractivity contribution in [2.45, 2.75) is 33.1 Å². The van der Waals surface area contributed by atoms with Crippen molar-refractivity contribution >= 4 is 11.9 Å². The minimum atomic E-state index is -0.178. The van der Waals surface area contributed by atoms with Crippen molar-refractivity contribution in [3.8, 4) is 0 Å². The molecule has 1 aromatic heterocycles. The summed E-state index contributed by atoms with van der Waals surface area (Å²) in [5.74, 6) is 0.494. The zero-order chi connectivity index (χ0) is 14.7. The molecular formula is C14H20N2O4. The van der Waals surface area contributed by atoms with Gasteiger partial charge in [-0.3, -0.25) is 9.59 Å². The zero-order valence-electron chi connectivity index (χ0n) is 12.1. The van der Waals surface area contributed by atoms with Gasteiger partial charge in [0.2, 0.25) is 5.91 Å². The number of amides is 1. The number of rotatable bonds is 3. The number of likely N-dealkylation sites (tertiary alicyclic amines) is 1. The van der Waals surface area contributed by atoms with Gasteiger partial charge in [-0.1, -0.05) is 5.16 Å². The molecule has 1 amide bonds. The average molecular weight is 280 g/mol. The van der Waals surface area contributed by atoms with Gasteiger partial charge in [0.15, 0.2) is 0 Å². The molecule has 0 N–H and O–H groups in total. The second-order valence-corrected chi connectivity index (χ2v) is 5.16. The van der Waals surface area contributed by atoms with Gasteiger partial charge in [-0.2, -0.15) is 0 Å². The molecule has 0 saturated carbocycles. The second-order valence-electron chi connectivity index (χ2n) is 5.16. The van der Waals surface area contributed by atoms with Gasteiger partial charge in [-0.05, 0) is 26.7 Å². The van der Waals surface area contributed by atoms with Gasteiger partial charge in [0.05, 0.1) is 25.1 Å². The van der Waals surface area contributed by atoms with Crippen LogP contribution in [0.15, 0.2) is 4.52 Å².